The van der Waals surface area contributed by atoms with Gasteiger partial charge in [0.25, 0.3) is 0 Å². The van der Waals surface area contributed by atoms with Gasteiger partial charge < -0.3 is 4.57 Å². The van der Waals surface area contributed by atoms with E-state index in [1.807, 2.05) is 48.7 Å². The molecule has 0 saturated carbocycles. The first-order valence-electron chi connectivity index (χ1n) is 6.39. The lowest BCUT2D eigenvalue weighted by molar-refractivity contribution is 0.835. The van der Waals surface area contributed by atoms with Gasteiger partial charge in [0, 0.05) is 28.1 Å². The van der Waals surface area contributed by atoms with E-state index in [1.165, 1.54) is 0 Å². The van der Waals surface area contributed by atoms with Crippen LogP contribution in [0.2, 0.25) is 0 Å². The Hall–Kier alpha value is -2.56. The number of rotatable bonds is 2. The second-order valence-electron chi connectivity index (χ2n) is 4.75. The summed E-state index contributed by atoms with van der Waals surface area (Å²) in [7, 11) is 0. The predicted molar refractivity (Wildman–Crippen MR) is 84.6 cm³/mol. The molecular weight excluding hydrogens is 326 g/mol. The van der Waals surface area contributed by atoms with Crippen LogP contribution in [0, 0.1) is 22.7 Å². The maximum Gasteiger partial charge on any atom is 0.101 e. The fraction of sp³-hybridized carbons (Fsp3) is 0.0588. The minimum atomic E-state index is 0.651. The van der Waals surface area contributed by atoms with Gasteiger partial charge in [-0.25, -0.2) is 0 Å². The molecule has 0 unspecified atom stereocenters. The van der Waals surface area contributed by atoms with E-state index in [9.17, 15) is 5.26 Å². The van der Waals surface area contributed by atoms with Crippen molar-refractivity contribution in [3.05, 3.63) is 69.8 Å². The van der Waals surface area contributed by atoms with Crippen LogP contribution < -0.4 is 0 Å². The molecule has 0 aliphatic rings. The first-order valence-corrected chi connectivity index (χ1v) is 7.18. The number of halogens is 1. The van der Waals surface area contributed by atoms with E-state index in [4.69, 9.17) is 5.26 Å². The van der Waals surface area contributed by atoms with E-state index in [-0.39, 0.29) is 0 Å². The molecule has 0 bridgehead atoms. The highest BCUT2D eigenvalue weighted by Crippen LogP contribution is 2.25. The molecule has 0 amide bonds. The number of aromatic nitrogens is 1. The van der Waals surface area contributed by atoms with Gasteiger partial charge in [-0.15, -0.1) is 0 Å². The van der Waals surface area contributed by atoms with E-state index < -0.39 is 0 Å². The Balaban J connectivity index is 2.04. The van der Waals surface area contributed by atoms with Crippen molar-refractivity contribution in [2.45, 2.75) is 6.54 Å². The monoisotopic (exact) mass is 335 g/mol. The maximum atomic E-state index is 9.26. The van der Waals surface area contributed by atoms with E-state index >= 15 is 0 Å². The molecule has 0 atom stereocenters. The Morgan fingerprint density at radius 1 is 1.00 bits per heavy atom. The van der Waals surface area contributed by atoms with Crippen LogP contribution in [0.3, 0.4) is 0 Å². The molecule has 4 heteroatoms. The van der Waals surface area contributed by atoms with Crippen LogP contribution in [0.25, 0.3) is 10.9 Å². The maximum absolute atomic E-state index is 9.26. The number of hydrogen-bond donors (Lipinski definition) is 0. The standard InChI is InChI=1S/C17H10BrN3/c18-15-5-6-17-16(7-15)14(9-20)11-21(17)10-13-3-1-12(8-19)2-4-13/h1-7,11H,10H2. The molecular formula is C17H10BrN3. The quantitative estimate of drug-likeness (QED) is 0.704. The number of nitrogens with zero attached hydrogens (tertiary/aromatic N) is 3. The zero-order chi connectivity index (χ0) is 14.8. The van der Waals surface area contributed by atoms with E-state index in [0.29, 0.717) is 17.7 Å². The molecule has 0 radical (unpaired) electrons. The topological polar surface area (TPSA) is 52.5 Å². The minimum absolute atomic E-state index is 0.651. The number of fused-ring (bicyclic) bond motifs is 1. The molecule has 0 fully saturated rings. The zero-order valence-corrected chi connectivity index (χ0v) is 12.6. The summed E-state index contributed by atoms with van der Waals surface area (Å²) in [5, 5.41) is 19.0. The third kappa shape index (κ3) is 2.54. The van der Waals surface area contributed by atoms with Crippen LogP contribution in [0.5, 0.6) is 0 Å². The van der Waals surface area contributed by atoms with Crippen molar-refractivity contribution >= 4 is 26.8 Å². The molecule has 0 spiro atoms. The summed E-state index contributed by atoms with van der Waals surface area (Å²) >= 11 is 3.44. The first-order chi connectivity index (χ1) is 10.2. The van der Waals surface area contributed by atoms with E-state index in [0.717, 1.165) is 20.9 Å². The molecule has 2 aromatic carbocycles. The summed E-state index contributed by atoms with van der Waals surface area (Å²) in [6.45, 7) is 0.672. The SMILES string of the molecule is N#Cc1ccc(Cn2cc(C#N)c3cc(Br)ccc32)cc1. The Kier molecular flexibility index (Phi) is 3.48. The van der Waals surface area contributed by atoms with Crippen molar-refractivity contribution in [1.82, 2.24) is 4.57 Å². The van der Waals surface area contributed by atoms with Crippen molar-refractivity contribution in [3.8, 4) is 12.1 Å². The molecule has 21 heavy (non-hydrogen) atoms. The molecule has 0 saturated heterocycles. The van der Waals surface area contributed by atoms with E-state index in [1.54, 1.807) is 0 Å². The van der Waals surface area contributed by atoms with Crippen molar-refractivity contribution in [2.75, 3.05) is 0 Å². The third-order valence-corrected chi connectivity index (χ3v) is 3.89. The lowest BCUT2D eigenvalue weighted by atomic mass is 10.1. The molecule has 1 heterocycles. The molecule has 1 aromatic heterocycles. The second kappa shape index (κ2) is 5.44. The summed E-state index contributed by atoms with van der Waals surface area (Å²) in [6.07, 6.45) is 1.87. The van der Waals surface area contributed by atoms with Crippen LogP contribution >= 0.6 is 15.9 Å². The minimum Gasteiger partial charge on any atom is -0.342 e. The summed E-state index contributed by atoms with van der Waals surface area (Å²) < 4.78 is 3.02. The highest BCUT2D eigenvalue weighted by Gasteiger charge is 2.09. The third-order valence-electron chi connectivity index (χ3n) is 3.40. The normalized spacial score (nSPS) is 10.2. The summed E-state index contributed by atoms with van der Waals surface area (Å²) in [5.74, 6) is 0. The zero-order valence-electron chi connectivity index (χ0n) is 11.0. The molecule has 100 valence electrons. The second-order valence-corrected chi connectivity index (χ2v) is 5.67. The molecule has 3 rings (SSSR count). The Morgan fingerprint density at radius 3 is 2.43 bits per heavy atom. The lowest BCUT2D eigenvalue weighted by Gasteiger charge is -2.05. The molecule has 3 nitrogen and oxygen atoms in total. The largest absolute Gasteiger partial charge is 0.342 e. The van der Waals surface area contributed by atoms with Crippen LogP contribution in [0.15, 0.2) is 53.1 Å². The average Bonchev–Trinajstić information content (AvgIpc) is 2.85. The predicted octanol–water partition coefficient (Wildman–Crippen LogP) is 4.20. The summed E-state index contributed by atoms with van der Waals surface area (Å²) in [6, 6.07) is 17.8. The van der Waals surface area contributed by atoms with Gasteiger partial charge in [0.15, 0.2) is 0 Å². The van der Waals surface area contributed by atoms with Gasteiger partial charge in [0.1, 0.15) is 6.07 Å². The smallest absolute Gasteiger partial charge is 0.101 e. The number of benzene rings is 2. The Bertz CT molecular complexity index is 893. The molecule has 0 aliphatic heterocycles. The Labute approximate surface area is 130 Å². The fourth-order valence-electron chi connectivity index (χ4n) is 2.37. The summed E-state index contributed by atoms with van der Waals surface area (Å²) in [4.78, 5) is 0. The van der Waals surface area contributed by atoms with Gasteiger partial charge in [0.05, 0.1) is 17.2 Å². The fourth-order valence-corrected chi connectivity index (χ4v) is 2.73. The average molecular weight is 336 g/mol. The molecule has 0 N–H and O–H groups in total. The van der Waals surface area contributed by atoms with Crippen LogP contribution in [0.1, 0.15) is 16.7 Å². The highest BCUT2D eigenvalue weighted by atomic mass is 79.9. The van der Waals surface area contributed by atoms with Crippen LogP contribution in [-0.2, 0) is 6.54 Å². The van der Waals surface area contributed by atoms with E-state index in [2.05, 4.69) is 32.6 Å². The number of nitriles is 2. The Morgan fingerprint density at radius 2 is 1.76 bits per heavy atom. The van der Waals surface area contributed by atoms with Crippen molar-refractivity contribution in [2.24, 2.45) is 0 Å². The van der Waals surface area contributed by atoms with Crippen molar-refractivity contribution < 1.29 is 0 Å². The summed E-state index contributed by atoms with van der Waals surface area (Å²) in [5.41, 5.74) is 3.44. The number of hydrogen-bond acceptors (Lipinski definition) is 2. The van der Waals surface area contributed by atoms with Gasteiger partial charge in [0.2, 0.25) is 0 Å². The van der Waals surface area contributed by atoms with Crippen LogP contribution in [-0.4, -0.2) is 4.57 Å². The lowest BCUT2D eigenvalue weighted by Crippen LogP contribution is -1.97. The van der Waals surface area contributed by atoms with Crippen molar-refractivity contribution in [3.63, 3.8) is 0 Å². The van der Waals surface area contributed by atoms with Crippen LogP contribution in [0.4, 0.5) is 0 Å². The first kappa shape index (κ1) is 13.4. The highest BCUT2D eigenvalue weighted by molar-refractivity contribution is 9.10. The molecule has 0 aliphatic carbocycles. The van der Waals surface area contributed by atoms with Gasteiger partial charge in [-0.05, 0) is 35.9 Å². The van der Waals surface area contributed by atoms with Gasteiger partial charge in [-0.3, -0.25) is 0 Å². The molecule has 3 aromatic rings. The van der Waals surface area contributed by atoms with Crippen molar-refractivity contribution in [1.29, 1.82) is 10.5 Å². The van der Waals surface area contributed by atoms with Gasteiger partial charge in [-0.1, -0.05) is 28.1 Å². The van der Waals surface area contributed by atoms with Gasteiger partial charge in [-0.2, -0.15) is 10.5 Å². The van der Waals surface area contributed by atoms with Gasteiger partial charge >= 0.3 is 0 Å².